The normalized spacial score (nSPS) is 10.1. The standard InChI is InChI=1S/C14H12O4/c1-9-4-2-3-5-13(9)18-10-6-7-11(14(16)17)12(15)8-10/h2-8,15H,1H3,(H,16,17). The van der Waals surface area contributed by atoms with Gasteiger partial charge in [0.25, 0.3) is 0 Å². The predicted molar refractivity (Wildman–Crippen MR) is 66.3 cm³/mol. The molecule has 0 heterocycles. The van der Waals surface area contributed by atoms with E-state index in [1.165, 1.54) is 18.2 Å². The van der Waals surface area contributed by atoms with Crippen LogP contribution >= 0.6 is 0 Å². The van der Waals surface area contributed by atoms with Gasteiger partial charge in [-0.3, -0.25) is 0 Å². The molecule has 0 saturated carbocycles. The average Bonchev–Trinajstić information content (AvgIpc) is 2.32. The number of phenols is 1. The lowest BCUT2D eigenvalue weighted by atomic mass is 10.2. The molecule has 0 saturated heterocycles. The number of para-hydroxylation sites is 1. The van der Waals surface area contributed by atoms with Crippen LogP contribution < -0.4 is 4.74 Å². The number of hydrogen-bond acceptors (Lipinski definition) is 3. The van der Waals surface area contributed by atoms with E-state index in [9.17, 15) is 9.90 Å². The van der Waals surface area contributed by atoms with Gasteiger partial charge in [-0.05, 0) is 30.7 Å². The van der Waals surface area contributed by atoms with Crippen LogP contribution in [-0.4, -0.2) is 16.2 Å². The van der Waals surface area contributed by atoms with Crippen molar-refractivity contribution in [3.8, 4) is 17.2 Å². The zero-order valence-corrected chi connectivity index (χ0v) is 9.75. The van der Waals surface area contributed by atoms with Crippen LogP contribution in [0.5, 0.6) is 17.2 Å². The summed E-state index contributed by atoms with van der Waals surface area (Å²) in [5.74, 6) is -0.421. The lowest BCUT2D eigenvalue weighted by molar-refractivity contribution is 0.0693. The van der Waals surface area contributed by atoms with E-state index in [-0.39, 0.29) is 11.3 Å². The summed E-state index contributed by atoms with van der Waals surface area (Å²) in [6.07, 6.45) is 0. The molecule has 0 bridgehead atoms. The molecule has 2 N–H and O–H groups in total. The predicted octanol–water partition coefficient (Wildman–Crippen LogP) is 3.19. The molecule has 2 aromatic rings. The first-order valence-electron chi connectivity index (χ1n) is 5.37. The second-order valence-corrected chi connectivity index (χ2v) is 3.85. The number of rotatable bonds is 3. The Hall–Kier alpha value is -2.49. The molecular formula is C14H12O4. The van der Waals surface area contributed by atoms with Crippen LogP contribution in [0.25, 0.3) is 0 Å². The second kappa shape index (κ2) is 4.79. The fourth-order valence-electron chi connectivity index (χ4n) is 1.55. The molecule has 92 valence electrons. The van der Waals surface area contributed by atoms with Gasteiger partial charge < -0.3 is 14.9 Å². The summed E-state index contributed by atoms with van der Waals surface area (Å²) in [7, 11) is 0. The van der Waals surface area contributed by atoms with Crippen molar-refractivity contribution in [2.75, 3.05) is 0 Å². The maximum absolute atomic E-state index is 10.7. The number of benzene rings is 2. The SMILES string of the molecule is Cc1ccccc1Oc1ccc(C(=O)O)c(O)c1. The first-order valence-corrected chi connectivity index (χ1v) is 5.37. The van der Waals surface area contributed by atoms with E-state index >= 15 is 0 Å². The van der Waals surface area contributed by atoms with E-state index in [1.807, 2.05) is 25.1 Å². The maximum atomic E-state index is 10.7. The minimum atomic E-state index is -1.17. The molecule has 0 atom stereocenters. The Morgan fingerprint density at radius 1 is 1.17 bits per heavy atom. The lowest BCUT2D eigenvalue weighted by Crippen LogP contribution is -1.96. The van der Waals surface area contributed by atoms with E-state index in [0.717, 1.165) is 5.56 Å². The number of carbonyl (C=O) groups is 1. The fraction of sp³-hybridized carbons (Fsp3) is 0.0714. The van der Waals surface area contributed by atoms with Crippen molar-refractivity contribution in [1.82, 2.24) is 0 Å². The van der Waals surface area contributed by atoms with Crippen LogP contribution in [0, 0.1) is 6.92 Å². The van der Waals surface area contributed by atoms with Crippen molar-refractivity contribution in [2.24, 2.45) is 0 Å². The molecule has 0 aromatic heterocycles. The van der Waals surface area contributed by atoms with Crippen molar-refractivity contribution >= 4 is 5.97 Å². The molecule has 0 radical (unpaired) electrons. The van der Waals surface area contributed by atoms with Gasteiger partial charge in [0.2, 0.25) is 0 Å². The van der Waals surface area contributed by atoms with Crippen molar-refractivity contribution in [3.63, 3.8) is 0 Å². The zero-order valence-electron chi connectivity index (χ0n) is 9.75. The Kier molecular flexibility index (Phi) is 3.19. The van der Waals surface area contributed by atoms with Gasteiger partial charge in [-0.1, -0.05) is 18.2 Å². The number of hydrogen-bond donors (Lipinski definition) is 2. The number of aromatic carboxylic acids is 1. The van der Waals surface area contributed by atoms with Gasteiger partial charge in [-0.15, -0.1) is 0 Å². The van der Waals surface area contributed by atoms with Crippen LogP contribution in [0.3, 0.4) is 0 Å². The molecular weight excluding hydrogens is 232 g/mol. The summed E-state index contributed by atoms with van der Waals surface area (Å²) in [5.41, 5.74) is 0.812. The topological polar surface area (TPSA) is 66.8 Å². The summed E-state index contributed by atoms with van der Waals surface area (Å²) < 4.78 is 5.57. The Morgan fingerprint density at radius 2 is 1.89 bits per heavy atom. The van der Waals surface area contributed by atoms with E-state index < -0.39 is 5.97 Å². The van der Waals surface area contributed by atoms with Crippen LogP contribution in [-0.2, 0) is 0 Å². The van der Waals surface area contributed by atoms with Gasteiger partial charge in [0.15, 0.2) is 0 Å². The minimum absolute atomic E-state index is 0.146. The lowest BCUT2D eigenvalue weighted by Gasteiger charge is -2.09. The first-order chi connectivity index (χ1) is 8.58. The van der Waals surface area contributed by atoms with Crippen molar-refractivity contribution in [1.29, 1.82) is 0 Å². The van der Waals surface area contributed by atoms with Gasteiger partial charge in [0.05, 0.1) is 0 Å². The first kappa shape index (κ1) is 12.0. The molecule has 0 unspecified atom stereocenters. The fourth-order valence-corrected chi connectivity index (χ4v) is 1.55. The number of aryl methyl sites for hydroxylation is 1. The Balaban J connectivity index is 2.29. The van der Waals surface area contributed by atoms with Gasteiger partial charge >= 0.3 is 5.97 Å². The monoisotopic (exact) mass is 244 g/mol. The van der Waals surface area contributed by atoms with Gasteiger partial charge in [-0.2, -0.15) is 0 Å². The number of carboxylic acid groups (broad SMARTS) is 1. The Labute approximate surface area is 104 Å². The smallest absolute Gasteiger partial charge is 0.339 e. The summed E-state index contributed by atoms with van der Waals surface area (Å²) in [6, 6.07) is 11.6. The molecule has 0 aliphatic rings. The van der Waals surface area contributed by atoms with Crippen molar-refractivity contribution in [2.45, 2.75) is 6.92 Å². The van der Waals surface area contributed by atoms with E-state index in [4.69, 9.17) is 9.84 Å². The molecule has 0 amide bonds. The molecule has 0 spiro atoms. The molecule has 4 nitrogen and oxygen atoms in total. The third-order valence-electron chi connectivity index (χ3n) is 2.52. The third-order valence-corrected chi connectivity index (χ3v) is 2.52. The summed E-state index contributed by atoms with van der Waals surface area (Å²) in [5, 5.41) is 18.3. The van der Waals surface area contributed by atoms with Crippen LogP contribution in [0.15, 0.2) is 42.5 Å². The van der Waals surface area contributed by atoms with Gasteiger partial charge in [0, 0.05) is 6.07 Å². The Bertz CT molecular complexity index is 590. The van der Waals surface area contributed by atoms with Crippen molar-refractivity contribution < 1.29 is 19.7 Å². The number of ether oxygens (including phenoxy) is 1. The van der Waals surface area contributed by atoms with Crippen molar-refractivity contribution in [3.05, 3.63) is 53.6 Å². The van der Waals surface area contributed by atoms with Crippen LogP contribution in [0.4, 0.5) is 0 Å². The second-order valence-electron chi connectivity index (χ2n) is 3.85. The highest BCUT2D eigenvalue weighted by Gasteiger charge is 2.10. The van der Waals surface area contributed by atoms with E-state index in [0.29, 0.717) is 11.5 Å². The average molecular weight is 244 g/mol. The largest absolute Gasteiger partial charge is 0.507 e. The van der Waals surface area contributed by atoms with Crippen LogP contribution in [0.2, 0.25) is 0 Å². The van der Waals surface area contributed by atoms with E-state index in [2.05, 4.69) is 0 Å². The van der Waals surface area contributed by atoms with E-state index in [1.54, 1.807) is 6.07 Å². The highest BCUT2D eigenvalue weighted by Crippen LogP contribution is 2.29. The number of aromatic hydroxyl groups is 1. The third kappa shape index (κ3) is 2.43. The molecule has 0 fully saturated rings. The Morgan fingerprint density at radius 3 is 2.50 bits per heavy atom. The minimum Gasteiger partial charge on any atom is -0.507 e. The molecule has 0 aliphatic heterocycles. The highest BCUT2D eigenvalue weighted by molar-refractivity contribution is 5.90. The molecule has 18 heavy (non-hydrogen) atoms. The summed E-state index contributed by atoms with van der Waals surface area (Å²) in [6.45, 7) is 1.90. The maximum Gasteiger partial charge on any atom is 0.339 e. The summed E-state index contributed by atoms with van der Waals surface area (Å²) >= 11 is 0. The molecule has 2 rings (SSSR count). The van der Waals surface area contributed by atoms with Gasteiger partial charge in [-0.25, -0.2) is 4.79 Å². The summed E-state index contributed by atoms with van der Waals surface area (Å²) in [4.78, 5) is 10.7. The zero-order chi connectivity index (χ0) is 13.1. The van der Waals surface area contributed by atoms with Gasteiger partial charge in [0.1, 0.15) is 22.8 Å². The molecule has 2 aromatic carbocycles. The van der Waals surface area contributed by atoms with Crippen LogP contribution in [0.1, 0.15) is 15.9 Å². The number of carboxylic acids is 1. The quantitative estimate of drug-likeness (QED) is 0.870. The highest BCUT2D eigenvalue weighted by atomic mass is 16.5. The molecule has 0 aliphatic carbocycles. The molecule has 4 heteroatoms.